The topological polar surface area (TPSA) is 49.3 Å². The van der Waals surface area contributed by atoms with Gasteiger partial charge in [-0.15, -0.1) is 0 Å². The molecule has 4 heteroatoms. The third-order valence-corrected chi connectivity index (χ3v) is 1.71. The first kappa shape index (κ1) is 9.07. The first-order chi connectivity index (χ1) is 4.20. The van der Waals surface area contributed by atoms with Crippen LogP contribution in [0.25, 0.3) is 0 Å². The molecule has 56 valence electrons. The van der Waals surface area contributed by atoms with Gasteiger partial charge in [-0.3, -0.25) is 0 Å². The van der Waals surface area contributed by atoms with E-state index in [1.165, 1.54) is 0 Å². The molecule has 2 N–H and O–H groups in total. The molecule has 0 heterocycles. The summed E-state index contributed by atoms with van der Waals surface area (Å²) in [5.41, 5.74) is 0. The summed E-state index contributed by atoms with van der Waals surface area (Å²) in [4.78, 5) is 0. The lowest BCUT2D eigenvalue weighted by atomic mass is 10.3. The van der Waals surface area contributed by atoms with E-state index in [1.807, 2.05) is 6.92 Å². The lowest BCUT2D eigenvalue weighted by Crippen LogP contribution is -2.32. The van der Waals surface area contributed by atoms with E-state index in [9.17, 15) is 4.21 Å². The molecule has 0 aliphatic rings. The van der Waals surface area contributed by atoms with Gasteiger partial charge in [0.15, 0.2) is 0 Å². The lowest BCUT2D eigenvalue weighted by molar-refractivity contribution is 0.255. The fourth-order valence-corrected chi connectivity index (χ4v) is 1.20. The largest absolute Gasteiger partial charge is 0.395 e. The van der Waals surface area contributed by atoms with Gasteiger partial charge in [0.05, 0.1) is 17.6 Å². The van der Waals surface area contributed by atoms with Crippen molar-refractivity contribution in [1.82, 2.24) is 4.72 Å². The maximum atomic E-state index is 10.5. The van der Waals surface area contributed by atoms with Gasteiger partial charge >= 0.3 is 0 Å². The number of aliphatic hydroxyl groups is 1. The van der Waals surface area contributed by atoms with Crippen molar-refractivity contribution in [2.75, 3.05) is 12.9 Å². The zero-order chi connectivity index (χ0) is 7.28. The van der Waals surface area contributed by atoms with Crippen LogP contribution in [0.2, 0.25) is 0 Å². The van der Waals surface area contributed by atoms with Gasteiger partial charge in [-0.25, -0.2) is 8.93 Å². The van der Waals surface area contributed by atoms with Crippen LogP contribution in [0.3, 0.4) is 0 Å². The normalized spacial score (nSPS) is 17.2. The van der Waals surface area contributed by atoms with Gasteiger partial charge in [0, 0.05) is 12.3 Å². The molecule has 0 aliphatic heterocycles. The standard InChI is InChI=1S/C5H13NO2S/c1-3-5(4-7)6-9(2)8/h5-7H,3-4H2,1-2H3/t5-,9?/m1/s1. The number of aliphatic hydroxyl groups excluding tert-OH is 1. The third-order valence-electron chi connectivity index (χ3n) is 1.05. The Bertz CT molecular complexity index is 93.0. The predicted octanol–water partition coefficient (Wildman–Crippen LogP) is -0.360. The second-order valence-electron chi connectivity index (χ2n) is 1.86. The molecular weight excluding hydrogens is 138 g/mol. The van der Waals surface area contributed by atoms with Gasteiger partial charge < -0.3 is 5.11 Å². The second kappa shape index (κ2) is 4.90. The summed E-state index contributed by atoms with van der Waals surface area (Å²) in [5.74, 6) is 0. The monoisotopic (exact) mass is 151 g/mol. The van der Waals surface area contributed by atoms with Crippen molar-refractivity contribution in [3.8, 4) is 0 Å². The van der Waals surface area contributed by atoms with Crippen LogP contribution in [0, 0.1) is 0 Å². The van der Waals surface area contributed by atoms with Crippen molar-refractivity contribution in [3.05, 3.63) is 0 Å². The summed E-state index contributed by atoms with van der Waals surface area (Å²) in [5, 5.41) is 8.58. The molecule has 0 saturated heterocycles. The zero-order valence-corrected chi connectivity index (χ0v) is 6.57. The minimum absolute atomic E-state index is 0.0177. The van der Waals surface area contributed by atoms with Crippen LogP contribution in [-0.2, 0) is 11.0 Å². The van der Waals surface area contributed by atoms with Crippen molar-refractivity contribution >= 4 is 11.0 Å². The van der Waals surface area contributed by atoms with Gasteiger partial charge in [-0.1, -0.05) is 6.92 Å². The Morgan fingerprint density at radius 3 is 2.44 bits per heavy atom. The van der Waals surface area contributed by atoms with Crippen LogP contribution in [0.5, 0.6) is 0 Å². The van der Waals surface area contributed by atoms with Crippen LogP contribution >= 0.6 is 0 Å². The molecule has 0 aromatic carbocycles. The van der Waals surface area contributed by atoms with E-state index in [0.29, 0.717) is 0 Å². The number of rotatable bonds is 4. The number of hydrogen-bond donors (Lipinski definition) is 2. The molecule has 1 unspecified atom stereocenters. The molecule has 0 aromatic heterocycles. The Labute approximate surface area is 58.1 Å². The van der Waals surface area contributed by atoms with Crippen molar-refractivity contribution in [2.45, 2.75) is 19.4 Å². The molecule has 3 nitrogen and oxygen atoms in total. The highest BCUT2D eigenvalue weighted by Crippen LogP contribution is 1.87. The summed E-state index contributed by atoms with van der Waals surface area (Å²) in [6, 6.07) is -0.0177. The molecule has 9 heavy (non-hydrogen) atoms. The summed E-state index contributed by atoms with van der Waals surface area (Å²) in [7, 11) is -1.01. The minimum Gasteiger partial charge on any atom is -0.395 e. The molecule has 0 radical (unpaired) electrons. The minimum atomic E-state index is -1.01. The molecule has 2 atom stereocenters. The molecule has 0 bridgehead atoms. The van der Waals surface area contributed by atoms with E-state index in [1.54, 1.807) is 6.26 Å². The first-order valence-corrected chi connectivity index (χ1v) is 4.47. The van der Waals surface area contributed by atoms with Crippen molar-refractivity contribution in [1.29, 1.82) is 0 Å². The molecule has 0 saturated carbocycles. The summed E-state index contributed by atoms with van der Waals surface area (Å²) < 4.78 is 13.2. The molecule has 0 fully saturated rings. The van der Waals surface area contributed by atoms with Crippen LogP contribution in [0.1, 0.15) is 13.3 Å². The van der Waals surface area contributed by atoms with Crippen LogP contribution in [0.15, 0.2) is 0 Å². The Morgan fingerprint density at radius 1 is 1.78 bits per heavy atom. The second-order valence-corrected chi connectivity index (χ2v) is 3.00. The molecule has 0 aromatic rings. The predicted molar refractivity (Wildman–Crippen MR) is 38.4 cm³/mol. The zero-order valence-electron chi connectivity index (χ0n) is 5.76. The first-order valence-electron chi connectivity index (χ1n) is 2.91. The van der Waals surface area contributed by atoms with Gasteiger partial charge in [0.25, 0.3) is 0 Å². The van der Waals surface area contributed by atoms with Gasteiger partial charge in [-0.05, 0) is 6.42 Å². The van der Waals surface area contributed by atoms with Crippen molar-refractivity contribution in [3.63, 3.8) is 0 Å². The van der Waals surface area contributed by atoms with Crippen molar-refractivity contribution < 1.29 is 9.32 Å². The average molecular weight is 151 g/mol. The van der Waals surface area contributed by atoms with Crippen molar-refractivity contribution in [2.24, 2.45) is 0 Å². The van der Waals surface area contributed by atoms with E-state index < -0.39 is 11.0 Å². The molecule has 0 rings (SSSR count). The van der Waals surface area contributed by atoms with E-state index in [-0.39, 0.29) is 12.6 Å². The van der Waals surface area contributed by atoms with E-state index in [2.05, 4.69) is 4.72 Å². The Hall–Kier alpha value is 0.0700. The van der Waals surface area contributed by atoms with E-state index in [4.69, 9.17) is 5.11 Å². The Balaban J connectivity index is 3.43. The number of nitrogens with one attached hydrogen (secondary N) is 1. The quantitative estimate of drug-likeness (QED) is 0.576. The fourth-order valence-electron chi connectivity index (χ4n) is 0.484. The van der Waals surface area contributed by atoms with Gasteiger partial charge in [-0.2, -0.15) is 0 Å². The van der Waals surface area contributed by atoms with Gasteiger partial charge in [0.1, 0.15) is 0 Å². The van der Waals surface area contributed by atoms with Crippen LogP contribution in [-0.4, -0.2) is 28.2 Å². The maximum Gasteiger partial charge on any atom is 0.0886 e. The molecule has 0 amide bonds. The Kier molecular flexibility index (Phi) is 4.94. The van der Waals surface area contributed by atoms with Gasteiger partial charge in [0.2, 0.25) is 0 Å². The smallest absolute Gasteiger partial charge is 0.0886 e. The van der Waals surface area contributed by atoms with Crippen LogP contribution < -0.4 is 4.72 Å². The SMILES string of the molecule is CC[C@H](CO)NS(C)=O. The average Bonchev–Trinajstić information content (AvgIpc) is 1.82. The molecule has 0 aliphatic carbocycles. The maximum absolute atomic E-state index is 10.5. The summed E-state index contributed by atoms with van der Waals surface area (Å²) >= 11 is 0. The molecule has 0 spiro atoms. The number of hydrogen-bond acceptors (Lipinski definition) is 2. The highest BCUT2D eigenvalue weighted by molar-refractivity contribution is 7.82. The highest BCUT2D eigenvalue weighted by atomic mass is 32.2. The molecular formula is C5H13NO2S. The van der Waals surface area contributed by atoms with E-state index in [0.717, 1.165) is 6.42 Å². The highest BCUT2D eigenvalue weighted by Gasteiger charge is 2.03. The lowest BCUT2D eigenvalue weighted by Gasteiger charge is -2.09. The summed E-state index contributed by atoms with van der Waals surface area (Å²) in [6.07, 6.45) is 2.36. The summed E-state index contributed by atoms with van der Waals surface area (Å²) in [6.45, 7) is 1.98. The van der Waals surface area contributed by atoms with E-state index >= 15 is 0 Å². The third kappa shape index (κ3) is 4.57. The van der Waals surface area contributed by atoms with Crippen LogP contribution in [0.4, 0.5) is 0 Å². The fraction of sp³-hybridized carbons (Fsp3) is 1.00. The Morgan fingerprint density at radius 2 is 2.33 bits per heavy atom.